The van der Waals surface area contributed by atoms with Gasteiger partial charge in [-0.1, -0.05) is 30.3 Å². The quantitative estimate of drug-likeness (QED) is 0.731. The van der Waals surface area contributed by atoms with Gasteiger partial charge in [-0.2, -0.15) is 0 Å². The van der Waals surface area contributed by atoms with E-state index < -0.39 is 7.52 Å². The molecule has 0 saturated heterocycles. The highest BCUT2D eigenvalue weighted by Crippen LogP contribution is 2.30. The van der Waals surface area contributed by atoms with Crippen LogP contribution >= 0.6 is 7.52 Å². The fourth-order valence-corrected chi connectivity index (χ4v) is 2.17. The smallest absolute Gasteiger partial charge is 0.264 e. The molecular formula is C12H18NO3P. The molecule has 1 atom stereocenters. The van der Waals surface area contributed by atoms with E-state index in [1.165, 1.54) is 0 Å². The summed E-state index contributed by atoms with van der Waals surface area (Å²) in [4.78, 5) is 20.4. The van der Waals surface area contributed by atoms with Crippen molar-refractivity contribution in [3.8, 4) is 0 Å². The molecule has 1 aromatic carbocycles. The van der Waals surface area contributed by atoms with Crippen LogP contribution in [0.15, 0.2) is 30.3 Å². The number of benzene rings is 1. The maximum atomic E-state index is 11.5. The van der Waals surface area contributed by atoms with Crippen LogP contribution < -0.4 is 5.50 Å². The van der Waals surface area contributed by atoms with E-state index >= 15 is 0 Å². The molecule has 0 bridgehead atoms. The number of Topliss-reactive ketones (excluding diaryl/α,β-unsaturated/α-hetero) is 1. The van der Waals surface area contributed by atoms with Gasteiger partial charge in [-0.15, -0.1) is 0 Å². The van der Waals surface area contributed by atoms with Crippen molar-refractivity contribution in [3.63, 3.8) is 0 Å². The molecule has 1 aromatic rings. The lowest BCUT2D eigenvalue weighted by molar-refractivity contribution is -0.119. The van der Waals surface area contributed by atoms with Gasteiger partial charge in [-0.05, 0) is 18.4 Å². The van der Waals surface area contributed by atoms with Crippen molar-refractivity contribution >= 4 is 13.3 Å². The Labute approximate surface area is 101 Å². The number of hydrogen-bond donors (Lipinski definition) is 2. The predicted octanol–water partition coefficient (Wildman–Crippen LogP) is 2.11. The lowest BCUT2D eigenvalue weighted by Gasteiger charge is -2.04. The molecular weight excluding hydrogens is 237 g/mol. The van der Waals surface area contributed by atoms with E-state index in [-0.39, 0.29) is 11.9 Å². The van der Waals surface area contributed by atoms with Gasteiger partial charge in [0.15, 0.2) is 0 Å². The van der Waals surface area contributed by atoms with Crippen molar-refractivity contribution in [1.29, 1.82) is 0 Å². The molecule has 0 fully saturated rings. The predicted molar refractivity (Wildman–Crippen MR) is 67.9 cm³/mol. The second kappa shape index (κ2) is 6.70. The van der Waals surface area contributed by atoms with E-state index in [1.807, 2.05) is 30.3 Å². The highest BCUT2D eigenvalue weighted by Gasteiger charge is 2.11. The highest BCUT2D eigenvalue weighted by molar-refractivity contribution is 7.55. The second-order valence-corrected chi connectivity index (χ2v) is 6.07. The molecule has 0 aliphatic heterocycles. The largest absolute Gasteiger partial charge is 0.333 e. The maximum absolute atomic E-state index is 11.5. The SMILES string of the molecule is NP(=O)(O)CCCC(=O)CCc1ccccc1. The van der Waals surface area contributed by atoms with Gasteiger partial charge in [-0.3, -0.25) is 14.9 Å². The van der Waals surface area contributed by atoms with Gasteiger partial charge in [0.2, 0.25) is 0 Å². The Morgan fingerprint density at radius 3 is 2.47 bits per heavy atom. The fraction of sp³-hybridized carbons (Fsp3) is 0.417. The summed E-state index contributed by atoms with van der Waals surface area (Å²) in [5.41, 5.74) is 6.12. The van der Waals surface area contributed by atoms with Crippen LogP contribution in [0.25, 0.3) is 0 Å². The minimum absolute atomic E-state index is 0.0179. The van der Waals surface area contributed by atoms with Gasteiger partial charge in [0.1, 0.15) is 5.78 Å². The lowest BCUT2D eigenvalue weighted by Crippen LogP contribution is -2.04. The number of nitrogens with two attached hydrogens (primary N) is 1. The first kappa shape index (κ1) is 14.1. The average Bonchev–Trinajstić information content (AvgIpc) is 2.26. The van der Waals surface area contributed by atoms with E-state index in [0.29, 0.717) is 19.3 Å². The summed E-state index contributed by atoms with van der Waals surface area (Å²) < 4.78 is 10.8. The maximum Gasteiger partial charge on any atom is 0.264 e. The molecule has 1 unspecified atom stereocenters. The van der Waals surface area contributed by atoms with Crippen molar-refractivity contribution in [2.75, 3.05) is 6.16 Å². The molecule has 4 nitrogen and oxygen atoms in total. The Balaban J connectivity index is 2.20. The van der Waals surface area contributed by atoms with Crippen LogP contribution in [0.3, 0.4) is 0 Å². The third kappa shape index (κ3) is 7.05. The van der Waals surface area contributed by atoms with Crippen LogP contribution in [0, 0.1) is 0 Å². The third-order valence-electron chi connectivity index (χ3n) is 2.47. The summed E-state index contributed by atoms with van der Waals surface area (Å²) in [7, 11) is -3.45. The van der Waals surface area contributed by atoms with E-state index in [4.69, 9.17) is 10.4 Å². The van der Waals surface area contributed by atoms with Crippen LogP contribution in [-0.2, 0) is 15.8 Å². The first-order valence-electron chi connectivity index (χ1n) is 5.63. The average molecular weight is 255 g/mol. The van der Waals surface area contributed by atoms with Crippen LogP contribution in [0.4, 0.5) is 0 Å². The number of carbonyl (C=O) groups excluding carboxylic acids is 1. The highest BCUT2D eigenvalue weighted by atomic mass is 31.2. The zero-order valence-electron chi connectivity index (χ0n) is 9.71. The van der Waals surface area contributed by atoms with E-state index in [9.17, 15) is 9.36 Å². The van der Waals surface area contributed by atoms with E-state index in [0.717, 1.165) is 12.0 Å². The third-order valence-corrected chi connectivity index (χ3v) is 3.43. The zero-order chi connectivity index (χ0) is 12.7. The number of rotatable bonds is 7. The molecule has 1 rings (SSSR count). The van der Waals surface area contributed by atoms with Crippen molar-refractivity contribution in [3.05, 3.63) is 35.9 Å². The van der Waals surface area contributed by atoms with Crippen LogP contribution in [-0.4, -0.2) is 16.8 Å². The van der Waals surface area contributed by atoms with E-state index in [1.54, 1.807) is 0 Å². The second-order valence-electron chi connectivity index (χ2n) is 4.11. The van der Waals surface area contributed by atoms with Crippen molar-refractivity contribution < 1.29 is 14.3 Å². The topological polar surface area (TPSA) is 80.4 Å². The van der Waals surface area contributed by atoms with Gasteiger partial charge in [0, 0.05) is 19.0 Å². The molecule has 0 amide bonds. The summed E-state index contributed by atoms with van der Waals surface area (Å²) >= 11 is 0. The van der Waals surface area contributed by atoms with Crippen molar-refractivity contribution in [2.45, 2.75) is 25.7 Å². The molecule has 0 heterocycles. The molecule has 0 aromatic heterocycles. The summed E-state index contributed by atoms with van der Waals surface area (Å²) in [6.07, 6.45) is 1.93. The molecule has 5 heteroatoms. The molecule has 94 valence electrons. The molecule has 17 heavy (non-hydrogen) atoms. The van der Waals surface area contributed by atoms with Crippen LogP contribution in [0.2, 0.25) is 0 Å². The normalized spacial score (nSPS) is 14.2. The van der Waals surface area contributed by atoms with Gasteiger partial charge in [0.05, 0.1) is 0 Å². The standard InChI is InChI=1S/C12H18NO3P/c13-17(15,16)10-4-7-12(14)9-8-11-5-2-1-3-6-11/h1-3,5-6H,4,7-10H2,(H3,13,15,16). The Hall–Kier alpha value is -0.960. The number of aryl methyl sites for hydroxylation is 1. The Kier molecular flexibility index (Phi) is 5.56. The zero-order valence-corrected chi connectivity index (χ0v) is 10.6. The molecule has 0 spiro atoms. The van der Waals surface area contributed by atoms with Crippen molar-refractivity contribution in [1.82, 2.24) is 0 Å². The van der Waals surface area contributed by atoms with Crippen LogP contribution in [0.5, 0.6) is 0 Å². The number of carbonyl (C=O) groups is 1. The molecule has 0 saturated carbocycles. The molecule has 3 N–H and O–H groups in total. The fourth-order valence-electron chi connectivity index (χ4n) is 1.56. The first-order chi connectivity index (χ1) is 7.97. The van der Waals surface area contributed by atoms with Crippen molar-refractivity contribution in [2.24, 2.45) is 5.50 Å². The summed E-state index contributed by atoms with van der Waals surface area (Å²) in [5, 5.41) is 0. The van der Waals surface area contributed by atoms with Gasteiger partial charge >= 0.3 is 0 Å². The molecule has 0 aliphatic rings. The minimum atomic E-state index is -3.45. The Morgan fingerprint density at radius 1 is 1.24 bits per heavy atom. The lowest BCUT2D eigenvalue weighted by atomic mass is 10.1. The van der Waals surface area contributed by atoms with Crippen LogP contribution in [0.1, 0.15) is 24.8 Å². The number of ketones is 1. The summed E-state index contributed by atoms with van der Waals surface area (Å²) in [5.74, 6) is 0.113. The number of hydrogen-bond acceptors (Lipinski definition) is 2. The monoisotopic (exact) mass is 255 g/mol. The van der Waals surface area contributed by atoms with E-state index in [2.05, 4.69) is 0 Å². The summed E-state index contributed by atoms with van der Waals surface area (Å²) in [6, 6.07) is 9.78. The minimum Gasteiger partial charge on any atom is -0.333 e. The van der Waals surface area contributed by atoms with Gasteiger partial charge in [0.25, 0.3) is 7.52 Å². The van der Waals surface area contributed by atoms with Gasteiger partial charge < -0.3 is 4.89 Å². The molecule has 0 aliphatic carbocycles. The first-order valence-corrected chi connectivity index (χ1v) is 7.55. The Bertz CT molecular complexity index is 399. The summed E-state index contributed by atoms with van der Waals surface area (Å²) in [6.45, 7) is 0. The molecule has 0 radical (unpaired) electrons. The Morgan fingerprint density at radius 2 is 1.88 bits per heavy atom. The van der Waals surface area contributed by atoms with Gasteiger partial charge in [-0.25, -0.2) is 0 Å².